The zero-order valence-electron chi connectivity index (χ0n) is 15.1. The van der Waals surface area contributed by atoms with Crippen molar-refractivity contribution < 1.29 is 19.4 Å². The largest absolute Gasteiger partial charge is 0.493 e. The van der Waals surface area contributed by atoms with Gasteiger partial charge in [-0.3, -0.25) is 4.79 Å². The number of carbonyl (C=O) groups is 2. The van der Waals surface area contributed by atoms with E-state index in [2.05, 4.69) is 19.2 Å². The third-order valence-electron chi connectivity index (χ3n) is 3.79. The van der Waals surface area contributed by atoms with Crippen molar-refractivity contribution in [2.75, 3.05) is 6.61 Å². The maximum absolute atomic E-state index is 12.2. The van der Waals surface area contributed by atoms with E-state index in [1.165, 1.54) is 0 Å². The molecular formula is C21H25NO4. The standard InChI is InChI=1S/C21H25NO4/c1-15(2)14-26-18-10-8-17(9-11-18)13-20(23)22-19(21(24)25)12-16-6-4-3-5-7-16/h3-11,15,19H,12-14H2,1-2H3,(H,22,23)(H,24,25)/t19-/m1/s1. The van der Waals surface area contributed by atoms with Gasteiger partial charge in [0.05, 0.1) is 13.0 Å². The Labute approximate surface area is 154 Å². The van der Waals surface area contributed by atoms with Crippen LogP contribution in [0.15, 0.2) is 54.6 Å². The van der Waals surface area contributed by atoms with Crippen molar-refractivity contribution in [3.8, 4) is 5.75 Å². The van der Waals surface area contributed by atoms with Crippen LogP contribution >= 0.6 is 0 Å². The van der Waals surface area contributed by atoms with Gasteiger partial charge in [0.1, 0.15) is 11.8 Å². The predicted octanol–water partition coefficient (Wildman–Crippen LogP) is 3.08. The third kappa shape index (κ3) is 6.59. The monoisotopic (exact) mass is 355 g/mol. The van der Waals surface area contributed by atoms with Crippen LogP contribution in [0.3, 0.4) is 0 Å². The first-order chi connectivity index (χ1) is 12.4. The van der Waals surface area contributed by atoms with E-state index in [1.807, 2.05) is 54.6 Å². The summed E-state index contributed by atoms with van der Waals surface area (Å²) in [6, 6.07) is 15.6. The second-order valence-electron chi connectivity index (χ2n) is 6.67. The highest BCUT2D eigenvalue weighted by atomic mass is 16.5. The Kier molecular flexibility index (Phi) is 7.21. The van der Waals surface area contributed by atoms with Gasteiger partial charge in [-0.05, 0) is 29.2 Å². The Bertz CT molecular complexity index is 711. The molecule has 26 heavy (non-hydrogen) atoms. The van der Waals surface area contributed by atoms with Gasteiger partial charge >= 0.3 is 5.97 Å². The van der Waals surface area contributed by atoms with Crippen LogP contribution in [0.25, 0.3) is 0 Å². The minimum Gasteiger partial charge on any atom is -0.493 e. The maximum atomic E-state index is 12.2. The van der Waals surface area contributed by atoms with Crippen molar-refractivity contribution in [1.29, 1.82) is 0 Å². The first-order valence-corrected chi connectivity index (χ1v) is 8.72. The Balaban J connectivity index is 1.90. The van der Waals surface area contributed by atoms with Crippen molar-refractivity contribution in [3.63, 3.8) is 0 Å². The molecule has 0 unspecified atom stereocenters. The second kappa shape index (κ2) is 9.61. The molecule has 2 aromatic carbocycles. The summed E-state index contributed by atoms with van der Waals surface area (Å²) in [5.41, 5.74) is 1.68. The van der Waals surface area contributed by atoms with Gasteiger partial charge in [-0.25, -0.2) is 4.79 Å². The van der Waals surface area contributed by atoms with E-state index in [0.717, 1.165) is 16.9 Å². The topological polar surface area (TPSA) is 75.6 Å². The maximum Gasteiger partial charge on any atom is 0.326 e. The number of hydrogen-bond acceptors (Lipinski definition) is 3. The molecule has 138 valence electrons. The Morgan fingerprint density at radius 1 is 1.00 bits per heavy atom. The van der Waals surface area contributed by atoms with Gasteiger partial charge in [0.25, 0.3) is 0 Å². The molecule has 0 saturated heterocycles. The average Bonchev–Trinajstić information content (AvgIpc) is 2.61. The van der Waals surface area contributed by atoms with Gasteiger partial charge < -0.3 is 15.2 Å². The molecule has 5 heteroatoms. The van der Waals surface area contributed by atoms with Gasteiger partial charge in [0.2, 0.25) is 5.91 Å². The minimum absolute atomic E-state index is 0.128. The molecule has 5 nitrogen and oxygen atoms in total. The van der Waals surface area contributed by atoms with Crippen LogP contribution in [0.4, 0.5) is 0 Å². The molecule has 0 saturated carbocycles. The highest BCUT2D eigenvalue weighted by Crippen LogP contribution is 2.14. The Hall–Kier alpha value is -2.82. The van der Waals surface area contributed by atoms with E-state index in [1.54, 1.807) is 0 Å². The van der Waals surface area contributed by atoms with E-state index in [9.17, 15) is 14.7 Å². The summed E-state index contributed by atoms with van der Waals surface area (Å²) < 4.78 is 5.61. The SMILES string of the molecule is CC(C)COc1ccc(CC(=O)N[C@H](Cc2ccccc2)C(=O)O)cc1. The number of nitrogens with one attached hydrogen (secondary N) is 1. The van der Waals surface area contributed by atoms with Crippen molar-refractivity contribution in [2.24, 2.45) is 5.92 Å². The summed E-state index contributed by atoms with van der Waals surface area (Å²) in [6.45, 7) is 4.79. The molecule has 0 fully saturated rings. The number of carboxylic acid groups (broad SMARTS) is 1. The lowest BCUT2D eigenvalue weighted by Crippen LogP contribution is -2.43. The highest BCUT2D eigenvalue weighted by Gasteiger charge is 2.20. The summed E-state index contributed by atoms with van der Waals surface area (Å²) in [6.07, 6.45) is 0.382. The van der Waals surface area contributed by atoms with E-state index >= 15 is 0 Å². The molecule has 2 aromatic rings. The Morgan fingerprint density at radius 3 is 2.23 bits per heavy atom. The van der Waals surface area contributed by atoms with Crippen molar-refractivity contribution >= 4 is 11.9 Å². The van der Waals surface area contributed by atoms with Crippen LogP contribution in [0, 0.1) is 5.92 Å². The fourth-order valence-electron chi connectivity index (χ4n) is 2.45. The molecule has 1 amide bonds. The lowest BCUT2D eigenvalue weighted by molar-refractivity contribution is -0.141. The van der Waals surface area contributed by atoms with Crippen molar-refractivity contribution in [3.05, 3.63) is 65.7 Å². The third-order valence-corrected chi connectivity index (χ3v) is 3.79. The van der Waals surface area contributed by atoms with Gasteiger partial charge in [-0.2, -0.15) is 0 Å². The molecule has 0 aliphatic heterocycles. The fraction of sp³-hybridized carbons (Fsp3) is 0.333. The van der Waals surface area contributed by atoms with Crippen LogP contribution in [0.2, 0.25) is 0 Å². The van der Waals surface area contributed by atoms with Crippen molar-refractivity contribution in [2.45, 2.75) is 32.7 Å². The van der Waals surface area contributed by atoms with E-state index in [0.29, 0.717) is 12.5 Å². The highest BCUT2D eigenvalue weighted by molar-refractivity contribution is 5.85. The molecule has 0 spiro atoms. The van der Waals surface area contributed by atoms with E-state index < -0.39 is 12.0 Å². The summed E-state index contributed by atoms with van der Waals surface area (Å²) in [4.78, 5) is 23.6. The molecule has 2 N–H and O–H groups in total. The molecule has 0 heterocycles. The van der Waals surface area contributed by atoms with Gasteiger partial charge in [0, 0.05) is 6.42 Å². The molecule has 0 bridgehead atoms. The number of amides is 1. The summed E-state index contributed by atoms with van der Waals surface area (Å²) >= 11 is 0. The first kappa shape index (κ1) is 19.5. The number of benzene rings is 2. The predicted molar refractivity (Wildman–Crippen MR) is 100 cm³/mol. The minimum atomic E-state index is -1.04. The van der Waals surface area contributed by atoms with Crippen LogP contribution in [-0.4, -0.2) is 29.6 Å². The fourth-order valence-corrected chi connectivity index (χ4v) is 2.45. The Morgan fingerprint density at radius 2 is 1.65 bits per heavy atom. The molecule has 0 aromatic heterocycles. The summed E-state index contributed by atoms with van der Waals surface area (Å²) in [5.74, 6) is -0.155. The van der Waals surface area contributed by atoms with Gasteiger partial charge in [0.15, 0.2) is 0 Å². The van der Waals surface area contributed by atoms with Crippen LogP contribution < -0.4 is 10.1 Å². The molecular weight excluding hydrogens is 330 g/mol. The summed E-state index contributed by atoms with van der Waals surface area (Å²) in [5, 5.41) is 12.0. The van der Waals surface area contributed by atoms with E-state index in [-0.39, 0.29) is 18.7 Å². The molecule has 0 aliphatic carbocycles. The second-order valence-corrected chi connectivity index (χ2v) is 6.67. The first-order valence-electron chi connectivity index (χ1n) is 8.72. The van der Waals surface area contributed by atoms with Gasteiger partial charge in [-0.1, -0.05) is 56.3 Å². The number of ether oxygens (including phenoxy) is 1. The molecule has 2 rings (SSSR count). The smallest absolute Gasteiger partial charge is 0.326 e. The number of carbonyl (C=O) groups excluding carboxylic acids is 1. The zero-order chi connectivity index (χ0) is 18.9. The lowest BCUT2D eigenvalue weighted by Gasteiger charge is -2.15. The molecule has 1 atom stereocenters. The number of rotatable bonds is 9. The quantitative estimate of drug-likeness (QED) is 0.725. The normalized spacial score (nSPS) is 11.8. The number of carboxylic acids is 1. The lowest BCUT2D eigenvalue weighted by atomic mass is 10.1. The van der Waals surface area contributed by atoms with Crippen LogP contribution in [0.5, 0.6) is 5.75 Å². The van der Waals surface area contributed by atoms with Gasteiger partial charge in [-0.15, -0.1) is 0 Å². The zero-order valence-corrected chi connectivity index (χ0v) is 15.1. The van der Waals surface area contributed by atoms with E-state index in [4.69, 9.17) is 4.74 Å². The number of aliphatic carboxylic acids is 1. The molecule has 0 radical (unpaired) electrons. The summed E-state index contributed by atoms with van der Waals surface area (Å²) in [7, 11) is 0. The molecule has 0 aliphatic rings. The van der Waals surface area contributed by atoms with Crippen LogP contribution in [-0.2, 0) is 22.4 Å². The van der Waals surface area contributed by atoms with Crippen molar-refractivity contribution in [1.82, 2.24) is 5.32 Å². The average molecular weight is 355 g/mol. The number of hydrogen-bond donors (Lipinski definition) is 2. The van der Waals surface area contributed by atoms with Crippen LogP contribution in [0.1, 0.15) is 25.0 Å².